The van der Waals surface area contributed by atoms with Crippen LogP contribution in [0.25, 0.3) is 0 Å². The van der Waals surface area contributed by atoms with Gasteiger partial charge in [-0.1, -0.05) is 12.1 Å². The molecule has 0 aliphatic carbocycles. The van der Waals surface area contributed by atoms with E-state index in [9.17, 15) is 9.90 Å². The van der Waals surface area contributed by atoms with Gasteiger partial charge in [-0.05, 0) is 33.2 Å². The van der Waals surface area contributed by atoms with E-state index in [0.717, 1.165) is 0 Å². The van der Waals surface area contributed by atoms with Crippen LogP contribution in [0.1, 0.15) is 17.3 Å². The maximum Gasteiger partial charge on any atom is 0.255 e. The predicted molar refractivity (Wildman–Crippen MR) is 63.6 cm³/mol. The van der Waals surface area contributed by atoms with Crippen LogP contribution >= 0.6 is 0 Å². The standard InChI is InChI=1S/C12H18N2O2/c1-9(14(2)3)8-13-12(16)10-6-4-5-7-11(10)15/h4-7,9,15H,8H2,1-3H3,(H,13,16). The van der Waals surface area contributed by atoms with Gasteiger partial charge >= 0.3 is 0 Å². The number of phenols is 1. The minimum absolute atomic E-state index is 0.0116. The monoisotopic (exact) mass is 222 g/mol. The highest BCUT2D eigenvalue weighted by Crippen LogP contribution is 2.14. The molecule has 0 radical (unpaired) electrons. The van der Waals surface area contributed by atoms with Crippen LogP contribution in [0.2, 0.25) is 0 Å². The van der Waals surface area contributed by atoms with Gasteiger partial charge in [-0.15, -0.1) is 0 Å². The van der Waals surface area contributed by atoms with Crippen molar-refractivity contribution in [2.75, 3.05) is 20.6 Å². The zero-order valence-electron chi connectivity index (χ0n) is 9.90. The number of likely N-dealkylation sites (N-methyl/N-ethyl adjacent to an activating group) is 1. The number of nitrogens with zero attached hydrogens (tertiary/aromatic N) is 1. The molecular formula is C12H18N2O2. The molecule has 16 heavy (non-hydrogen) atoms. The summed E-state index contributed by atoms with van der Waals surface area (Å²) < 4.78 is 0. The molecule has 1 unspecified atom stereocenters. The van der Waals surface area contributed by atoms with E-state index < -0.39 is 0 Å². The maximum absolute atomic E-state index is 11.7. The summed E-state index contributed by atoms with van der Waals surface area (Å²) in [5, 5.41) is 12.3. The van der Waals surface area contributed by atoms with Gasteiger partial charge in [0.15, 0.2) is 0 Å². The Hall–Kier alpha value is -1.55. The molecular weight excluding hydrogens is 204 g/mol. The summed E-state index contributed by atoms with van der Waals surface area (Å²) in [5.74, 6) is -0.232. The van der Waals surface area contributed by atoms with E-state index in [1.165, 1.54) is 6.07 Å². The van der Waals surface area contributed by atoms with E-state index in [1.807, 2.05) is 25.9 Å². The summed E-state index contributed by atoms with van der Waals surface area (Å²) in [4.78, 5) is 13.7. The quantitative estimate of drug-likeness (QED) is 0.801. The van der Waals surface area contributed by atoms with Gasteiger partial charge in [-0.2, -0.15) is 0 Å². The lowest BCUT2D eigenvalue weighted by Crippen LogP contribution is -2.38. The normalized spacial score (nSPS) is 12.5. The van der Waals surface area contributed by atoms with Crippen LogP contribution in [0.5, 0.6) is 5.75 Å². The molecule has 4 heteroatoms. The zero-order chi connectivity index (χ0) is 12.1. The predicted octanol–water partition coefficient (Wildman–Crippen LogP) is 1.07. The van der Waals surface area contributed by atoms with Crippen molar-refractivity contribution in [3.05, 3.63) is 29.8 Å². The highest BCUT2D eigenvalue weighted by molar-refractivity contribution is 5.96. The number of rotatable bonds is 4. The van der Waals surface area contributed by atoms with Crippen molar-refractivity contribution in [2.45, 2.75) is 13.0 Å². The summed E-state index contributed by atoms with van der Waals surface area (Å²) in [6.07, 6.45) is 0. The summed E-state index contributed by atoms with van der Waals surface area (Å²) >= 11 is 0. The molecule has 0 fully saturated rings. The second-order valence-corrected chi connectivity index (χ2v) is 4.04. The van der Waals surface area contributed by atoms with Crippen molar-refractivity contribution in [2.24, 2.45) is 0 Å². The van der Waals surface area contributed by atoms with Gasteiger partial charge in [0.25, 0.3) is 5.91 Å². The molecule has 0 heterocycles. The Balaban J connectivity index is 2.57. The number of benzene rings is 1. The summed E-state index contributed by atoms with van der Waals surface area (Å²) in [6, 6.07) is 6.78. The molecule has 1 atom stereocenters. The van der Waals surface area contributed by atoms with Crippen LogP contribution in [0.3, 0.4) is 0 Å². The molecule has 1 aromatic rings. The molecule has 88 valence electrons. The molecule has 2 N–H and O–H groups in total. The number of hydrogen-bond donors (Lipinski definition) is 2. The Bertz CT molecular complexity index is 364. The fraction of sp³-hybridized carbons (Fsp3) is 0.417. The molecule has 0 aromatic heterocycles. The molecule has 0 aliphatic rings. The van der Waals surface area contributed by atoms with Crippen LogP contribution in [0.4, 0.5) is 0 Å². The second-order valence-electron chi connectivity index (χ2n) is 4.04. The topological polar surface area (TPSA) is 52.6 Å². The fourth-order valence-corrected chi connectivity index (χ4v) is 1.18. The third kappa shape index (κ3) is 3.24. The molecule has 0 spiro atoms. The van der Waals surface area contributed by atoms with Crippen molar-refractivity contribution in [1.29, 1.82) is 0 Å². The molecule has 0 bridgehead atoms. The van der Waals surface area contributed by atoms with Crippen molar-refractivity contribution >= 4 is 5.91 Å². The highest BCUT2D eigenvalue weighted by Gasteiger charge is 2.11. The molecule has 0 saturated carbocycles. The van der Waals surface area contributed by atoms with E-state index in [-0.39, 0.29) is 17.7 Å². The maximum atomic E-state index is 11.7. The largest absolute Gasteiger partial charge is 0.507 e. The van der Waals surface area contributed by atoms with Crippen molar-refractivity contribution in [3.8, 4) is 5.75 Å². The van der Waals surface area contributed by atoms with Crippen molar-refractivity contribution in [1.82, 2.24) is 10.2 Å². The Labute approximate surface area is 95.9 Å². The van der Waals surface area contributed by atoms with E-state index in [2.05, 4.69) is 5.32 Å². The lowest BCUT2D eigenvalue weighted by atomic mass is 10.2. The molecule has 0 aliphatic heterocycles. The fourth-order valence-electron chi connectivity index (χ4n) is 1.18. The first-order valence-electron chi connectivity index (χ1n) is 5.25. The van der Waals surface area contributed by atoms with E-state index in [0.29, 0.717) is 12.1 Å². The van der Waals surface area contributed by atoms with Gasteiger partial charge in [-0.25, -0.2) is 0 Å². The van der Waals surface area contributed by atoms with E-state index in [4.69, 9.17) is 0 Å². The first-order chi connectivity index (χ1) is 7.52. The molecule has 1 rings (SSSR count). The van der Waals surface area contributed by atoms with Crippen molar-refractivity contribution in [3.63, 3.8) is 0 Å². The Morgan fingerprint density at radius 1 is 1.44 bits per heavy atom. The van der Waals surface area contributed by atoms with Crippen molar-refractivity contribution < 1.29 is 9.90 Å². The van der Waals surface area contributed by atoms with Gasteiger partial charge in [0.2, 0.25) is 0 Å². The zero-order valence-corrected chi connectivity index (χ0v) is 9.90. The molecule has 1 aromatic carbocycles. The van der Waals surface area contributed by atoms with Gasteiger partial charge in [0, 0.05) is 12.6 Å². The number of amides is 1. The smallest absolute Gasteiger partial charge is 0.255 e. The third-order valence-corrected chi connectivity index (χ3v) is 2.59. The first kappa shape index (κ1) is 12.5. The van der Waals surface area contributed by atoms with Crippen LogP contribution < -0.4 is 5.32 Å². The Morgan fingerprint density at radius 3 is 2.62 bits per heavy atom. The van der Waals surface area contributed by atoms with E-state index in [1.54, 1.807) is 18.2 Å². The third-order valence-electron chi connectivity index (χ3n) is 2.59. The first-order valence-corrected chi connectivity index (χ1v) is 5.25. The van der Waals surface area contributed by atoms with Gasteiger partial charge in [0.05, 0.1) is 5.56 Å². The second kappa shape index (κ2) is 5.51. The van der Waals surface area contributed by atoms with Crippen LogP contribution in [-0.2, 0) is 0 Å². The number of phenolic OH excluding ortho intramolecular Hbond substituents is 1. The van der Waals surface area contributed by atoms with Crippen LogP contribution in [-0.4, -0.2) is 42.6 Å². The van der Waals surface area contributed by atoms with Gasteiger partial charge in [-0.3, -0.25) is 4.79 Å². The van der Waals surface area contributed by atoms with Gasteiger partial charge in [0.1, 0.15) is 5.75 Å². The average molecular weight is 222 g/mol. The average Bonchev–Trinajstić information content (AvgIpc) is 2.25. The SMILES string of the molecule is CC(CNC(=O)c1ccccc1O)N(C)C. The summed E-state index contributed by atoms with van der Waals surface area (Å²) in [7, 11) is 3.91. The molecule has 4 nitrogen and oxygen atoms in total. The lowest BCUT2D eigenvalue weighted by Gasteiger charge is -2.20. The number of para-hydroxylation sites is 1. The molecule has 0 saturated heterocycles. The lowest BCUT2D eigenvalue weighted by molar-refractivity contribution is 0.0941. The minimum atomic E-state index is -0.244. The molecule has 1 amide bonds. The minimum Gasteiger partial charge on any atom is -0.507 e. The van der Waals surface area contributed by atoms with Crippen LogP contribution in [0, 0.1) is 0 Å². The summed E-state index contributed by atoms with van der Waals surface area (Å²) in [5.41, 5.74) is 0.313. The van der Waals surface area contributed by atoms with Crippen LogP contribution in [0.15, 0.2) is 24.3 Å². The summed E-state index contributed by atoms with van der Waals surface area (Å²) in [6.45, 7) is 2.57. The number of carbonyl (C=O) groups is 1. The highest BCUT2D eigenvalue weighted by atomic mass is 16.3. The Morgan fingerprint density at radius 2 is 2.06 bits per heavy atom. The van der Waals surface area contributed by atoms with E-state index >= 15 is 0 Å². The number of hydrogen-bond acceptors (Lipinski definition) is 3. The van der Waals surface area contributed by atoms with Gasteiger partial charge < -0.3 is 15.3 Å². The number of aromatic hydroxyl groups is 1. The number of carbonyl (C=O) groups excluding carboxylic acids is 1. The Kier molecular flexibility index (Phi) is 4.31. The number of nitrogens with one attached hydrogen (secondary N) is 1.